The molecule has 5 rings (SSSR count). The summed E-state index contributed by atoms with van der Waals surface area (Å²) in [7, 11) is 1.52. The topological polar surface area (TPSA) is 95.9 Å². The molecule has 0 atom stereocenters. The van der Waals surface area contributed by atoms with Crippen molar-refractivity contribution >= 4 is 28.3 Å². The number of ether oxygens (including phenoxy) is 3. The van der Waals surface area contributed by atoms with Crippen LogP contribution < -0.4 is 20.3 Å². The minimum atomic E-state index is -0.773. The highest BCUT2D eigenvalue weighted by atomic mass is 16.7. The number of benzene rings is 3. The molecule has 1 aromatic heterocycles. The van der Waals surface area contributed by atoms with E-state index in [0.717, 1.165) is 5.56 Å². The molecule has 2 heterocycles. The zero-order chi connectivity index (χ0) is 23.7. The predicted octanol–water partition coefficient (Wildman–Crippen LogP) is 3.73. The van der Waals surface area contributed by atoms with Crippen LogP contribution in [0, 0.1) is 0 Å². The Morgan fingerprint density at radius 3 is 2.44 bits per heavy atom. The number of nitrogens with zero attached hydrogens (tertiary/aromatic N) is 1. The standard InChI is InChI=1S/C26H20N2O6/c1-28-24(23(16-7-3-2-4-8-16)18-9-5-6-10-19(18)25(28)30)26(31)32-14-22(29)27-17-11-12-20-21(13-17)34-15-33-20/h2-13H,14-15H2,1H3,(H,27,29). The molecule has 0 radical (unpaired) electrons. The molecule has 170 valence electrons. The average Bonchev–Trinajstić information content (AvgIpc) is 3.33. The quantitative estimate of drug-likeness (QED) is 0.460. The summed E-state index contributed by atoms with van der Waals surface area (Å²) < 4.78 is 17.2. The number of fused-ring (bicyclic) bond motifs is 2. The average molecular weight is 456 g/mol. The molecule has 1 aliphatic rings. The molecule has 34 heavy (non-hydrogen) atoms. The minimum Gasteiger partial charge on any atom is -0.454 e. The number of aromatic nitrogens is 1. The second kappa shape index (κ2) is 8.74. The number of nitrogens with one attached hydrogen (secondary N) is 1. The summed E-state index contributed by atoms with van der Waals surface area (Å²) in [6.07, 6.45) is 0. The molecule has 1 aliphatic heterocycles. The summed E-state index contributed by atoms with van der Waals surface area (Å²) in [5.74, 6) is -0.187. The Morgan fingerprint density at radius 1 is 0.941 bits per heavy atom. The molecule has 1 amide bonds. The van der Waals surface area contributed by atoms with Crippen LogP contribution in [0.2, 0.25) is 0 Å². The Morgan fingerprint density at radius 2 is 1.65 bits per heavy atom. The molecule has 1 N–H and O–H groups in total. The third-order valence-electron chi connectivity index (χ3n) is 5.55. The first-order valence-corrected chi connectivity index (χ1v) is 10.6. The Bertz CT molecular complexity index is 1480. The number of hydrogen-bond donors (Lipinski definition) is 1. The largest absolute Gasteiger partial charge is 0.454 e. The van der Waals surface area contributed by atoms with E-state index < -0.39 is 18.5 Å². The van der Waals surface area contributed by atoms with Gasteiger partial charge in [0.1, 0.15) is 5.69 Å². The van der Waals surface area contributed by atoms with Gasteiger partial charge in [-0.25, -0.2) is 4.79 Å². The maximum atomic E-state index is 13.2. The molecule has 0 aliphatic carbocycles. The molecule has 0 fully saturated rings. The van der Waals surface area contributed by atoms with Crippen LogP contribution in [-0.4, -0.2) is 29.8 Å². The van der Waals surface area contributed by atoms with Crippen LogP contribution >= 0.6 is 0 Å². The lowest BCUT2D eigenvalue weighted by atomic mass is 9.97. The summed E-state index contributed by atoms with van der Waals surface area (Å²) in [6.45, 7) is -0.402. The van der Waals surface area contributed by atoms with Crippen molar-refractivity contribution in [3.05, 3.63) is 88.8 Å². The highest BCUT2D eigenvalue weighted by molar-refractivity contribution is 6.07. The molecule has 3 aromatic carbocycles. The Balaban J connectivity index is 1.43. The van der Waals surface area contributed by atoms with E-state index in [4.69, 9.17) is 14.2 Å². The molecule has 0 spiro atoms. The van der Waals surface area contributed by atoms with E-state index in [1.54, 1.807) is 36.4 Å². The maximum absolute atomic E-state index is 13.2. The van der Waals surface area contributed by atoms with Crippen LogP contribution in [-0.2, 0) is 16.6 Å². The number of esters is 1. The van der Waals surface area contributed by atoms with Gasteiger partial charge in [-0.2, -0.15) is 0 Å². The Labute approximate surface area is 194 Å². The SMILES string of the molecule is Cn1c(C(=O)OCC(=O)Nc2ccc3c(c2)OCO3)c(-c2ccccc2)c2ccccc2c1=O. The fourth-order valence-electron chi connectivity index (χ4n) is 3.97. The van der Waals surface area contributed by atoms with Gasteiger partial charge in [0.25, 0.3) is 11.5 Å². The number of pyridine rings is 1. The van der Waals surface area contributed by atoms with Gasteiger partial charge in [-0.15, -0.1) is 0 Å². The molecule has 8 heteroatoms. The number of anilines is 1. The van der Waals surface area contributed by atoms with E-state index in [-0.39, 0.29) is 18.0 Å². The molecule has 4 aromatic rings. The third kappa shape index (κ3) is 3.86. The lowest BCUT2D eigenvalue weighted by Crippen LogP contribution is -2.28. The summed E-state index contributed by atoms with van der Waals surface area (Å²) in [5.41, 5.74) is 1.55. The fraction of sp³-hybridized carbons (Fsp3) is 0.115. The van der Waals surface area contributed by atoms with Crippen molar-refractivity contribution < 1.29 is 23.8 Å². The number of amides is 1. The maximum Gasteiger partial charge on any atom is 0.356 e. The van der Waals surface area contributed by atoms with Crippen molar-refractivity contribution in [2.45, 2.75) is 0 Å². The molecule has 0 bridgehead atoms. The van der Waals surface area contributed by atoms with Crippen LogP contribution in [0.4, 0.5) is 5.69 Å². The lowest BCUT2D eigenvalue weighted by molar-refractivity contribution is -0.119. The minimum absolute atomic E-state index is 0.0748. The van der Waals surface area contributed by atoms with Gasteiger partial charge in [-0.3, -0.25) is 9.59 Å². The fourth-order valence-corrected chi connectivity index (χ4v) is 3.97. The summed E-state index contributed by atoms with van der Waals surface area (Å²) >= 11 is 0. The predicted molar refractivity (Wildman–Crippen MR) is 126 cm³/mol. The van der Waals surface area contributed by atoms with Crippen molar-refractivity contribution in [3.8, 4) is 22.6 Å². The van der Waals surface area contributed by atoms with E-state index in [1.165, 1.54) is 11.6 Å². The van der Waals surface area contributed by atoms with Crippen LogP contribution in [0.25, 0.3) is 21.9 Å². The smallest absolute Gasteiger partial charge is 0.356 e. The van der Waals surface area contributed by atoms with Crippen molar-refractivity contribution in [2.24, 2.45) is 7.05 Å². The highest BCUT2D eigenvalue weighted by Gasteiger charge is 2.23. The van der Waals surface area contributed by atoms with Crippen molar-refractivity contribution in [1.82, 2.24) is 4.57 Å². The first-order chi connectivity index (χ1) is 16.5. The van der Waals surface area contributed by atoms with Crippen molar-refractivity contribution in [1.29, 1.82) is 0 Å². The summed E-state index contributed by atoms with van der Waals surface area (Å²) in [6, 6.07) is 21.3. The summed E-state index contributed by atoms with van der Waals surface area (Å²) in [5, 5.41) is 3.78. The van der Waals surface area contributed by atoms with Crippen LogP contribution in [0.15, 0.2) is 77.6 Å². The zero-order valence-corrected chi connectivity index (χ0v) is 18.2. The number of rotatable bonds is 5. The van der Waals surface area contributed by atoms with E-state index in [1.807, 2.05) is 36.4 Å². The molecular weight excluding hydrogens is 436 g/mol. The van der Waals surface area contributed by atoms with Gasteiger partial charge < -0.3 is 24.1 Å². The summed E-state index contributed by atoms with van der Waals surface area (Å²) in [4.78, 5) is 38.6. The van der Waals surface area contributed by atoms with Crippen LogP contribution in [0.5, 0.6) is 11.5 Å². The van der Waals surface area contributed by atoms with Gasteiger partial charge in [-0.05, 0) is 29.1 Å². The normalized spacial score (nSPS) is 11.9. The van der Waals surface area contributed by atoms with Crippen LogP contribution in [0.3, 0.4) is 0 Å². The molecule has 0 saturated heterocycles. The molecule has 0 saturated carbocycles. The number of carbonyl (C=O) groups is 2. The monoisotopic (exact) mass is 456 g/mol. The molecule has 0 unspecified atom stereocenters. The first kappa shape index (κ1) is 21.3. The van der Waals surface area contributed by atoms with Gasteiger partial charge in [0.15, 0.2) is 18.1 Å². The zero-order valence-electron chi connectivity index (χ0n) is 18.2. The van der Waals surface area contributed by atoms with Crippen molar-refractivity contribution in [3.63, 3.8) is 0 Å². The second-order valence-corrected chi connectivity index (χ2v) is 7.69. The Hall–Kier alpha value is -4.59. The van der Waals surface area contributed by atoms with E-state index in [0.29, 0.717) is 33.5 Å². The molecular formula is C26H20N2O6. The number of carbonyl (C=O) groups excluding carboxylic acids is 2. The lowest BCUT2D eigenvalue weighted by Gasteiger charge is -2.16. The van der Waals surface area contributed by atoms with Gasteiger partial charge in [-0.1, -0.05) is 48.5 Å². The van der Waals surface area contributed by atoms with Crippen LogP contribution in [0.1, 0.15) is 10.5 Å². The van der Waals surface area contributed by atoms with E-state index >= 15 is 0 Å². The first-order valence-electron chi connectivity index (χ1n) is 10.6. The van der Waals surface area contributed by atoms with E-state index in [2.05, 4.69) is 5.32 Å². The number of hydrogen-bond acceptors (Lipinski definition) is 6. The van der Waals surface area contributed by atoms with Gasteiger partial charge in [0.2, 0.25) is 6.79 Å². The van der Waals surface area contributed by atoms with Gasteiger partial charge in [0.05, 0.1) is 0 Å². The Kier molecular flexibility index (Phi) is 5.47. The molecule has 8 nitrogen and oxygen atoms in total. The van der Waals surface area contributed by atoms with Gasteiger partial charge in [0, 0.05) is 29.8 Å². The third-order valence-corrected chi connectivity index (χ3v) is 5.55. The van der Waals surface area contributed by atoms with Crippen molar-refractivity contribution in [2.75, 3.05) is 18.7 Å². The van der Waals surface area contributed by atoms with Gasteiger partial charge >= 0.3 is 5.97 Å². The van der Waals surface area contributed by atoms with E-state index in [9.17, 15) is 14.4 Å². The highest BCUT2D eigenvalue weighted by Crippen LogP contribution is 2.34. The second-order valence-electron chi connectivity index (χ2n) is 7.69.